The second kappa shape index (κ2) is 31.8. The molecule has 0 aromatic heterocycles. The van der Waals surface area contributed by atoms with Crippen molar-refractivity contribution in [1.29, 1.82) is 0 Å². The molecule has 0 saturated heterocycles. The molecule has 0 aliphatic heterocycles. The van der Waals surface area contributed by atoms with Crippen LogP contribution >= 0.6 is 0 Å². The van der Waals surface area contributed by atoms with Crippen molar-refractivity contribution in [2.75, 3.05) is 19.8 Å². The highest BCUT2D eigenvalue weighted by molar-refractivity contribution is 5.72. The van der Waals surface area contributed by atoms with Gasteiger partial charge in [-0.25, -0.2) is 0 Å². The summed E-state index contributed by atoms with van der Waals surface area (Å²) in [7, 11) is 0. The fourth-order valence-electron chi connectivity index (χ4n) is 5.48. The van der Waals surface area contributed by atoms with Crippen molar-refractivity contribution in [1.82, 2.24) is 0 Å². The summed E-state index contributed by atoms with van der Waals surface area (Å²) < 4.78 is 11.1. The summed E-state index contributed by atoms with van der Waals surface area (Å²) in [5.41, 5.74) is 0. The molecule has 41 heavy (non-hydrogen) atoms. The van der Waals surface area contributed by atoms with Crippen LogP contribution in [0.5, 0.6) is 0 Å². The Morgan fingerprint density at radius 1 is 0.512 bits per heavy atom. The number of carbonyl (C=O) groups is 2. The van der Waals surface area contributed by atoms with Gasteiger partial charge in [-0.3, -0.25) is 9.59 Å². The van der Waals surface area contributed by atoms with Crippen molar-refractivity contribution in [3.63, 3.8) is 0 Å². The fraction of sp³-hybridized carbons (Fsp3) is 0.944. The summed E-state index contributed by atoms with van der Waals surface area (Å²) in [6.07, 6.45) is 29.4. The third kappa shape index (κ3) is 27.5. The van der Waals surface area contributed by atoms with Crippen LogP contribution in [0.2, 0.25) is 0 Å². The minimum absolute atomic E-state index is 0.00180. The molecule has 0 aliphatic rings. The first kappa shape index (κ1) is 39.9. The van der Waals surface area contributed by atoms with Gasteiger partial charge < -0.3 is 14.6 Å². The van der Waals surface area contributed by atoms with E-state index in [4.69, 9.17) is 9.47 Å². The molecule has 0 spiro atoms. The molecule has 1 unspecified atom stereocenters. The molecule has 0 saturated carbocycles. The van der Waals surface area contributed by atoms with Crippen molar-refractivity contribution in [3.8, 4) is 0 Å². The summed E-state index contributed by atoms with van der Waals surface area (Å²) in [5, 5.41) is 9.79. The zero-order valence-electron chi connectivity index (χ0n) is 27.7. The summed E-state index contributed by atoms with van der Waals surface area (Å²) in [4.78, 5) is 25.0. The molecule has 0 aliphatic carbocycles. The molecule has 5 heteroatoms. The summed E-state index contributed by atoms with van der Waals surface area (Å²) in [6, 6.07) is 0. The molecule has 0 bridgehead atoms. The first-order valence-corrected chi connectivity index (χ1v) is 18.0. The van der Waals surface area contributed by atoms with E-state index in [1.54, 1.807) is 0 Å². The van der Waals surface area contributed by atoms with Gasteiger partial charge in [0, 0.05) is 13.0 Å². The van der Waals surface area contributed by atoms with Crippen molar-refractivity contribution >= 4 is 11.9 Å². The van der Waals surface area contributed by atoms with Crippen LogP contribution in [0.3, 0.4) is 0 Å². The van der Waals surface area contributed by atoms with Gasteiger partial charge >= 0.3 is 11.9 Å². The number of carbonyl (C=O) groups excluding carboxylic acids is 2. The quantitative estimate of drug-likeness (QED) is 0.0631. The van der Waals surface area contributed by atoms with E-state index in [1.165, 1.54) is 109 Å². The Morgan fingerprint density at radius 2 is 0.902 bits per heavy atom. The predicted octanol–water partition coefficient (Wildman–Crippen LogP) is 10.5. The highest BCUT2D eigenvalue weighted by Gasteiger charge is 2.20. The number of aliphatic hydroxyl groups is 1. The maximum absolute atomic E-state index is 12.9. The van der Waals surface area contributed by atoms with E-state index in [-0.39, 0.29) is 30.4 Å². The van der Waals surface area contributed by atoms with Gasteiger partial charge in [0.05, 0.1) is 19.1 Å². The number of esters is 2. The Balaban J connectivity index is 4.15. The summed E-state index contributed by atoms with van der Waals surface area (Å²) in [5.74, 6) is -0.208. The first-order chi connectivity index (χ1) is 20.1. The van der Waals surface area contributed by atoms with Crippen LogP contribution in [-0.4, -0.2) is 36.9 Å². The Morgan fingerprint density at radius 3 is 1.34 bits per heavy atom. The maximum Gasteiger partial charge on any atom is 0.308 e. The second-order valence-corrected chi connectivity index (χ2v) is 12.4. The average molecular weight is 583 g/mol. The number of unbranched alkanes of at least 4 members (excludes halogenated alkanes) is 18. The maximum atomic E-state index is 12.9. The van der Waals surface area contributed by atoms with Crippen LogP contribution in [0.1, 0.15) is 188 Å². The Hall–Kier alpha value is -1.10. The van der Waals surface area contributed by atoms with Gasteiger partial charge in [-0.05, 0) is 38.0 Å². The lowest BCUT2D eigenvalue weighted by Crippen LogP contribution is -2.21. The zero-order valence-corrected chi connectivity index (χ0v) is 27.7. The van der Waals surface area contributed by atoms with Crippen LogP contribution in [0.15, 0.2) is 0 Å². The zero-order chi connectivity index (χ0) is 30.2. The van der Waals surface area contributed by atoms with Gasteiger partial charge in [0.1, 0.15) is 0 Å². The lowest BCUT2D eigenvalue weighted by molar-refractivity contribution is -0.149. The number of hydrogen-bond donors (Lipinski definition) is 1. The highest BCUT2D eigenvalue weighted by Crippen LogP contribution is 2.21. The third-order valence-corrected chi connectivity index (χ3v) is 8.45. The van der Waals surface area contributed by atoms with Gasteiger partial charge in [-0.15, -0.1) is 0 Å². The van der Waals surface area contributed by atoms with Crippen LogP contribution in [0.25, 0.3) is 0 Å². The van der Waals surface area contributed by atoms with Crippen LogP contribution < -0.4 is 0 Å². The molecular formula is C36H70O5. The summed E-state index contributed by atoms with van der Waals surface area (Å²) >= 11 is 0. The number of aliphatic hydroxyl groups excluding tert-OH is 1. The highest BCUT2D eigenvalue weighted by atomic mass is 16.5. The Bertz CT molecular complexity index is 548. The molecular weight excluding hydrogens is 512 g/mol. The average Bonchev–Trinajstić information content (AvgIpc) is 2.97. The monoisotopic (exact) mass is 583 g/mol. The molecule has 0 fully saturated rings. The fourth-order valence-corrected chi connectivity index (χ4v) is 5.48. The second-order valence-electron chi connectivity index (χ2n) is 12.4. The number of rotatable bonds is 32. The minimum atomic E-state index is -0.136. The molecule has 0 aromatic carbocycles. The van der Waals surface area contributed by atoms with E-state index in [1.807, 2.05) is 0 Å². The van der Waals surface area contributed by atoms with Gasteiger partial charge in [-0.1, -0.05) is 149 Å². The lowest BCUT2D eigenvalue weighted by atomic mass is 9.94. The van der Waals surface area contributed by atoms with Crippen molar-refractivity contribution in [2.45, 2.75) is 188 Å². The molecule has 0 aromatic rings. The van der Waals surface area contributed by atoms with Crippen LogP contribution in [-0.2, 0) is 19.1 Å². The molecule has 0 amide bonds. The topological polar surface area (TPSA) is 72.8 Å². The van der Waals surface area contributed by atoms with Crippen LogP contribution in [0, 0.1) is 11.8 Å². The number of ether oxygens (including phenoxy) is 2. The van der Waals surface area contributed by atoms with E-state index in [2.05, 4.69) is 20.8 Å². The number of hydrogen-bond acceptors (Lipinski definition) is 5. The van der Waals surface area contributed by atoms with E-state index < -0.39 is 0 Å². The first-order valence-electron chi connectivity index (χ1n) is 18.0. The van der Waals surface area contributed by atoms with Gasteiger partial charge in [0.2, 0.25) is 0 Å². The smallest absolute Gasteiger partial charge is 0.308 e. The SMILES string of the molecule is CCCCCCCCCCCC(=O)OCCC(CO)CCOC(=O)C(CCCCCCCC)CCCCCCCC. The Labute approximate surface area is 255 Å². The van der Waals surface area contributed by atoms with E-state index in [0.29, 0.717) is 32.5 Å². The minimum Gasteiger partial charge on any atom is -0.466 e. The largest absolute Gasteiger partial charge is 0.466 e. The lowest BCUT2D eigenvalue weighted by Gasteiger charge is -2.18. The third-order valence-electron chi connectivity index (χ3n) is 8.45. The van der Waals surface area contributed by atoms with Crippen molar-refractivity contribution < 1.29 is 24.2 Å². The standard InChI is InChI=1S/C36H70O5/c1-4-7-10-13-16-17-18-21-24-27-35(38)40-30-28-33(32-37)29-31-41-36(39)34(25-22-19-14-11-8-5-2)26-23-20-15-12-9-6-3/h33-34,37H,4-32H2,1-3H3. The molecule has 0 rings (SSSR count). The Kier molecular flexibility index (Phi) is 31.0. The van der Waals surface area contributed by atoms with Crippen molar-refractivity contribution in [3.05, 3.63) is 0 Å². The van der Waals surface area contributed by atoms with E-state index in [9.17, 15) is 14.7 Å². The summed E-state index contributed by atoms with van der Waals surface area (Å²) in [6.45, 7) is 7.39. The van der Waals surface area contributed by atoms with Gasteiger partial charge in [0.15, 0.2) is 0 Å². The predicted molar refractivity (Wildman–Crippen MR) is 173 cm³/mol. The molecule has 1 atom stereocenters. The molecule has 0 heterocycles. The molecule has 1 N–H and O–H groups in total. The van der Waals surface area contributed by atoms with E-state index in [0.717, 1.165) is 38.5 Å². The molecule has 0 radical (unpaired) electrons. The van der Waals surface area contributed by atoms with Gasteiger partial charge in [-0.2, -0.15) is 0 Å². The van der Waals surface area contributed by atoms with Crippen molar-refractivity contribution in [2.24, 2.45) is 11.8 Å². The van der Waals surface area contributed by atoms with Gasteiger partial charge in [0.25, 0.3) is 0 Å². The van der Waals surface area contributed by atoms with Crippen LogP contribution in [0.4, 0.5) is 0 Å². The van der Waals surface area contributed by atoms with E-state index >= 15 is 0 Å². The molecule has 5 nitrogen and oxygen atoms in total. The normalized spacial score (nSPS) is 12.1. The molecule has 244 valence electrons.